The van der Waals surface area contributed by atoms with Gasteiger partial charge in [0.2, 0.25) is 0 Å². The number of rotatable bonds is 45. The van der Waals surface area contributed by atoms with Gasteiger partial charge in [0.15, 0.2) is 6.10 Å². The van der Waals surface area contributed by atoms with Crippen LogP contribution in [0.5, 0.6) is 0 Å². The van der Waals surface area contributed by atoms with Gasteiger partial charge >= 0.3 is 17.9 Å². The van der Waals surface area contributed by atoms with E-state index in [0.29, 0.717) is 19.3 Å². The summed E-state index contributed by atoms with van der Waals surface area (Å²) >= 11 is 0. The van der Waals surface area contributed by atoms with Crippen molar-refractivity contribution >= 4 is 17.9 Å². The smallest absolute Gasteiger partial charge is 0.306 e. The van der Waals surface area contributed by atoms with Crippen LogP contribution in [0.15, 0.2) is 24.3 Å². The molecule has 0 aromatic heterocycles. The zero-order valence-corrected chi connectivity index (χ0v) is 38.1. The number of hydrogen-bond donors (Lipinski definition) is 0. The van der Waals surface area contributed by atoms with Gasteiger partial charge in [-0.15, -0.1) is 0 Å². The number of esters is 3. The molecular formula is C51H94O6. The van der Waals surface area contributed by atoms with Crippen LogP contribution in [0.1, 0.15) is 265 Å². The molecule has 0 rings (SSSR count). The quantitative estimate of drug-likeness (QED) is 0.0264. The zero-order chi connectivity index (χ0) is 41.5. The molecule has 0 fully saturated rings. The summed E-state index contributed by atoms with van der Waals surface area (Å²) in [6, 6.07) is 0. The van der Waals surface area contributed by atoms with Gasteiger partial charge in [-0.25, -0.2) is 0 Å². The molecule has 0 spiro atoms. The average Bonchev–Trinajstić information content (AvgIpc) is 3.21. The lowest BCUT2D eigenvalue weighted by Gasteiger charge is -2.18. The van der Waals surface area contributed by atoms with E-state index in [1.807, 2.05) is 0 Å². The highest BCUT2D eigenvalue weighted by Gasteiger charge is 2.19. The lowest BCUT2D eigenvalue weighted by molar-refractivity contribution is -0.167. The number of ether oxygens (including phenoxy) is 3. The first-order valence-electron chi connectivity index (χ1n) is 24.8. The van der Waals surface area contributed by atoms with E-state index >= 15 is 0 Å². The molecule has 0 aliphatic rings. The Balaban J connectivity index is 4.21. The zero-order valence-electron chi connectivity index (χ0n) is 38.1. The van der Waals surface area contributed by atoms with E-state index in [1.165, 1.54) is 154 Å². The molecule has 0 saturated heterocycles. The minimum atomic E-state index is -0.766. The van der Waals surface area contributed by atoms with E-state index < -0.39 is 6.10 Å². The van der Waals surface area contributed by atoms with Crippen molar-refractivity contribution in [3.05, 3.63) is 24.3 Å². The minimum Gasteiger partial charge on any atom is -0.462 e. The monoisotopic (exact) mass is 803 g/mol. The summed E-state index contributed by atoms with van der Waals surface area (Å²) in [5.74, 6) is -0.877. The van der Waals surface area contributed by atoms with Gasteiger partial charge in [-0.2, -0.15) is 0 Å². The van der Waals surface area contributed by atoms with E-state index in [9.17, 15) is 14.4 Å². The fourth-order valence-corrected chi connectivity index (χ4v) is 7.18. The SMILES string of the molecule is CCCCCC/C=C\C/C=C\CCCCCCCCCC(=O)OCC(COC(=O)CCCCCCCC)OC(=O)CCCCCCCCCCCCCCCCC. The van der Waals surface area contributed by atoms with Crippen LogP contribution in [-0.4, -0.2) is 37.2 Å². The highest BCUT2D eigenvalue weighted by atomic mass is 16.6. The minimum absolute atomic E-state index is 0.0709. The second-order valence-corrected chi connectivity index (χ2v) is 16.7. The van der Waals surface area contributed by atoms with Crippen LogP contribution in [0, 0.1) is 0 Å². The number of hydrogen-bond acceptors (Lipinski definition) is 6. The van der Waals surface area contributed by atoms with E-state index in [4.69, 9.17) is 14.2 Å². The third-order valence-corrected chi connectivity index (χ3v) is 11.0. The Morgan fingerprint density at radius 2 is 0.632 bits per heavy atom. The number of carbonyl (C=O) groups is 3. The Hall–Kier alpha value is -2.11. The molecule has 0 aromatic rings. The second-order valence-electron chi connectivity index (χ2n) is 16.7. The molecule has 0 radical (unpaired) electrons. The topological polar surface area (TPSA) is 78.9 Å². The Labute approximate surface area is 353 Å². The molecule has 57 heavy (non-hydrogen) atoms. The van der Waals surface area contributed by atoms with Gasteiger partial charge in [0, 0.05) is 19.3 Å². The summed E-state index contributed by atoms with van der Waals surface area (Å²) in [5.41, 5.74) is 0. The van der Waals surface area contributed by atoms with Gasteiger partial charge in [0.25, 0.3) is 0 Å². The van der Waals surface area contributed by atoms with Crippen LogP contribution < -0.4 is 0 Å². The first-order chi connectivity index (χ1) is 28.0. The summed E-state index contributed by atoms with van der Waals surface area (Å²) in [6.45, 7) is 6.58. The molecule has 1 unspecified atom stereocenters. The van der Waals surface area contributed by atoms with Crippen LogP contribution in [0.2, 0.25) is 0 Å². The summed E-state index contributed by atoms with van der Waals surface area (Å²) < 4.78 is 16.7. The Bertz CT molecular complexity index is 927. The number of allylic oxidation sites excluding steroid dienone is 4. The van der Waals surface area contributed by atoms with Gasteiger partial charge in [0.1, 0.15) is 13.2 Å². The summed E-state index contributed by atoms with van der Waals surface area (Å²) in [5, 5.41) is 0. The van der Waals surface area contributed by atoms with E-state index in [2.05, 4.69) is 45.1 Å². The summed E-state index contributed by atoms with van der Waals surface area (Å²) in [4.78, 5) is 37.7. The first-order valence-corrected chi connectivity index (χ1v) is 24.8. The van der Waals surface area contributed by atoms with Crippen LogP contribution in [0.25, 0.3) is 0 Å². The molecule has 0 aromatic carbocycles. The molecular weight excluding hydrogens is 709 g/mol. The van der Waals surface area contributed by atoms with Gasteiger partial charge in [0.05, 0.1) is 0 Å². The molecule has 0 N–H and O–H groups in total. The first kappa shape index (κ1) is 54.9. The van der Waals surface area contributed by atoms with Crippen molar-refractivity contribution in [2.75, 3.05) is 13.2 Å². The predicted octanol–water partition coefficient (Wildman–Crippen LogP) is 16.0. The van der Waals surface area contributed by atoms with E-state index in [-0.39, 0.29) is 31.1 Å². The maximum absolute atomic E-state index is 12.7. The van der Waals surface area contributed by atoms with Gasteiger partial charge in [-0.1, -0.05) is 218 Å². The second kappa shape index (κ2) is 46.6. The highest BCUT2D eigenvalue weighted by molar-refractivity contribution is 5.71. The van der Waals surface area contributed by atoms with Gasteiger partial charge < -0.3 is 14.2 Å². The third kappa shape index (κ3) is 44.8. The maximum atomic E-state index is 12.7. The number of unbranched alkanes of at least 4 members (excludes halogenated alkanes) is 30. The Kier molecular flexibility index (Phi) is 44.9. The van der Waals surface area contributed by atoms with Gasteiger partial charge in [-0.05, 0) is 51.4 Å². The molecule has 0 bridgehead atoms. The summed E-state index contributed by atoms with van der Waals surface area (Å²) in [7, 11) is 0. The lowest BCUT2D eigenvalue weighted by atomic mass is 10.0. The predicted molar refractivity (Wildman–Crippen MR) is 243 cm³/mol. The van der Waals surface area contributed by atoms with Crippen molar-refractivity contribution in [1.82, 2.24) is 0 Å². The van der Waals surface area contributed by atoms with Crippen molar-refractivity contribution in [2.45, 2.75) is 271 Å². The fraction of sp³-hybridized carbons (Fsp3) is 0.863. The van der Waals surface area contributed by atoms with Crippen LogP contribution in [-0.2, 0) is 28.6 Å². The van der Waals surface area contributed by atoms with Crippen LogP contribution in [0.3, 0.4) is 0 Å². The molecule has 1 atom stereocenters. The van der Waals surface area contributed by atoms with Crippen molar-refractivity contribution in [3.8, 4) is 0 Å². The fourth-order valence-electron chi connectivity index (χ4n) is 7.18. The molecule has 334 valence electrons. The standard InChI is InChI=1S/C51H94O6/c1-4-7-10-13-16-18-20-22-24-25-26-28-29-31-33-35-38-41-44-50(53)56-47-48(46-55-49(52)43-40-37-15-12-9-6-3)57-51(54)45-42-39-36-34-32-30-27-23-21-19-17-14-11-8-5-2/h18,20,24-25,48H,4-17,19,21-23,26-47H2,1-3H3/b20-18-,25-24-. The average molecular weight is 803 g/mol. The number of carbonyl (C=O) groups excluding carboxylic acids is 3. The van der Waals surface area contributed by atoms with Crippen molar-refractivity contribution in [1.29, 1.82) is 0 Å². The Morgan fingerprint density at radius 1 is 0.351 bits per heavy atom. The molecule has 0 saturated carbocycles. The maximum Gasteiger partial charge on any atom is 0.306 e. The molecule has 0 amide bonds. The van der Waals surface area contributed by atoms with Crippen LogP contribution >= 0.6 is 0 Å². The summed E-state index contributed by atoms with van der Waals surface area (Å²) in [6.07, 6.45) is 51.8. The van der Waals surface area contributed by atoms with Gasteiger partial charge in [-0.3, -0.25) is 14.4 Å². The third-order valence-electron chi connectivity index (χ3n) is 11.0. The van der Waals surface area contributed by atoms with Crippen molar-refractivity contribution in [3.63, 3.8) is 0 Å². The molecule has 6 nitrogen and oxygen atoms in total. The van der Waals surface area contributed by atoms with Crippen LogP contribution in [0.4, 0.5) is 0 Å². The van der Waals surface area contributed by atoms with E-state index in [0.717, 1.165) is 70.6 Å². The largest absolute Gasteiger partial charge is 0.462 e. The van der Waals surface area contributed by atoms with Crippen molar-refractivity contribution in [2.24, 2.45) is 0 Å². The normalized spacial score (nSPS) is 12.1. The molecule has 0 aliphatic heterocycles. The lowest BCUT2D eigenvalue weighted by Crippen LogP contribution is -2.30. The molecule has 0 heterocycles. The molecule has 6 heteroatoms. The highest BCUT2D eigenvalue weighted by Crippen LogP contribution is 2.15. The van der Waals surface area contributed by atoms with Crippen molar-refractivity contribution < 1.29 is 28.6 Å². The Morgan fingerprint density at radius 3 is 0.982 bits per heavy atom. The molecule has 0 aliphatic carbocycles. The van der Waals surface area contributed by atoms with E-state index in [1.54, 1.807) is 0 Å².